The first kappa shape index (κ1) is 15.1. The van der Waals surface area contributed by atoms with Crippen molar-refractivity contribution in [3.05, 3.63) is 52.2 Å². The number of nitrogens with two attached hydrogens (primary N) is 1. The highest BCUT2D eigenvalue weighted by Crippen LogP contribution is 2.10. The molecule has 1 heterocycles. The van der Waals surface area contributed by atoms with Crippen LogP contribution >= 0.6 is 11.3 Å². The summed E-state index contributed by atoms with van der Waals surface area (Å²) >= 11 is 1.64. The quantitative estimate of drug-likeness (QED) is 0.766. The molecule has 21 heavy (non-hydrogen) atoms. The largest absolute Gasteiger partial charge is 0.352 e. The van der Waals surface area contributed by atoms with Gasteiger partial charge in [0, 0.05) is 18.7 Å². The molecular formula is C15H17N3O2S. The maximum atomic E-state index is 11.7. The van der Waals surface area contributed by atoms with Crippen LogP contribution < -0.4 is 16.4 Å². The van der Waals surface area contributed by atoms with Gasteiger partial charge in [0.05, 0.1) is 0 Å². The molecule has 0 saturated carbocycles. The maximum absolute atomic E-state index is 11.7. The van der Waals surface area contributed by atoms with E-state index in [9.17, 15) is 9.59 Å². The molecule has 0 saturated heterocycles. The Balaban J connectivity index is 1.74. The molecule has 5 nitrogen and oxygen atoms in total. The first-order chi connectivity index (χ1) is 10.1. The molecule has 0 aliphatic rings. The minimum absolute atomic E-state index is 0.0283. The summed E-state index contributed by atoms with van der Waals surface area (Å²) in [4.78, 5) is 22.4. The van der Waals surface area contributed by atoms with E-state index in [1.165, 1.54) is 5.56 Å². The molecule has 0 atom stereocenters. The fraction of sp³-hybridized carbons (Fsp3) is 0.200. The lowest BCUT2D eigenvalue weighted by molar-refractivity contribution is -0.121. The zero-order chi connectivity index (χ0) is 15.1. The van der Waals surface area contributed by atoms with Crippen molar-refractivity contribution < 1.29 is 9.59 Å². The van der Waals surface area contributed by atoms with Gasteiger partial charge >= 0.3 is 6.03 Å². The van der Waals surface area contributed by atoms with E-state index in [0.29, 0.717) is 18.7 Å². The van der Waals surface area contributed by atoms with Crippen molar-refractivity contribution in [1.29, 1.82) is 0 Å². The number of urea groups is 1. The number of rotatable bonds is 6. The number of carbonyl (C=O) groups excluding carboxylic acids is 2. The summed E-state index contributed by atoms with van der Waals surface area (Å²) in [5, 5.41) is 9.42. The lowest BCUT2D eigenvalue weighted by Crippen LogP contribution is -2.23. The van der Waals surface area contributed by atoms with Crippen LogP contribution in [0.4, 0.5) is 10.5 Å². The number of hydrogen-bond acceptors (Lipinski definition) is 3. The Labute approximate surface area is 127 Å². The van der Waals surface area contributed by atoms with E-state index >= 15 is 0 Å². The molecular weight excluding hydrogens is 286 g/mol. The van der Waals surface area contributed by atoms with Crippen LogP contribution in [0.5, 0.6) is 0 Å². The highest BCUT2D eigenvalue weighted by molar-refractivity contribution is 7.07. The molecule has 0 unspecified atom stereocenters. The van der Waals surface area contributed by atoms with E-state index in [0.717, 1.165) is 12.0 Å². The van der Waals surface area contributed by atoms with Crippen molar-refractivity contribution in [2.75, 3.05) is 5.32 Å². The molecule has 110 valence electrons. The normalized spacial score (nSPS) is 10.1. The van der Waals surface area contributed by atoms with E-state index in [4.69, 9.17) is 5.73 Å². The molecule has 4 N–H and O–H groups in total. The summed E-state index contributed by atoms with van der Waals surface area (Å²) in [6, 6.07) is 8.61. The van der Waals surface area contributed by atoms with Crippen LogP contribution in [0.15, 0.2) is 41.1 Å². The zero-order valence-corrected chi connectivity index (χ0v) is 12.3. The van der Waals surface area contributed by atoms with Crippen molar-refractivity contribution in [2.24, 2.45) is 5.73 Å². The fourth-order valence-corrected chi connectivity index (χ4v) is 2.53. The van der Waals surface area contributed by atoms with Gasteiger partial charge in [-0.3, -0.25) is 4.79 Å². The van der Waals surface area contributed by atoms with Crippen molar-refractivity contribution in [2.45, 2.75) is 19.4 Å². The number of thiophene rings is 1. The molecule has 1 aromatic carbocycles. The second kappa shape index (κ2) is 7.44. The monoisotopic (exact) mass is 303 g/mol. The number of nitrogens with one attached hydrogen (secondary N) is 2. The lowest BCUT2D eigenvalue weighted by atomic mass is 10.1. The van der Waals surface area contributed by atoms with Crippen LogP contribution in [0, 0.1) is 0 Å². The smallest absolute Gasteiger partial charge is 0.316 e. The summed E-state index contributed by atoms with van der Waals surface area (Å²) in [7, 11) is 0. The van der Waals surface area contributed by atoms with E-state index in [1.54, 1.807) is 23.5 Å². The summed E-state index contributed by atoms with van der Waals surface area (Å²) < 4.78 is 0. The van der Waals surface area contributed by atoms with Crippen molar-refractivity contribution >= 4 is 29.0 Å². The highest BCUT2D eigenvalue weighted by Gasteiger charge is 2.03. The van der Waals surface area contributed by atoms with Gasteiger partial charge in [0.1, 0.15) is 0 Å². The second-order valence-corrected chi connectivity index (χ2v) is 5.37. The Morgan fingerprint density at radius 1 is 1.10 bits per heavy atom. The van der Waals surface area contributed by atoms with Gasteiger partial charge in [-0.1, -0.05) is 12.1 Å². The topological polar surface area (TPSA) is 84.2 Å². The number of hydrogen-bond donors (Lipinski definition) is 3. The third-order valence-electron chi connectivity index (χ3n) is 2.93. The standard InChI is InChI=1S/C15H17N3O2S/c16-15(20)18-13-4-1-11(2-5-13)9-17-14(19)6-3-12-7-8-21-10-12/h1-2,4-5,7-8,10H,3,6,9H2,(H,17,19)(H3,16,18,20). The molecule has 2 aromatic rings. The predicted molar refractivity (Wildman–Crippen MR) is 84.1 cm³/mol. The Kier molecular flexibility index (Phi) is 5.34. The van der Waals surface area contributed by atoms with Crippen LogP contribution in [0.25, 0.3) is 0 Å². The van der Waals surface area contributed by atoms with Gasteiger partial charge in [0.15, 0.2) is 0 Å². The lowest BCUT2D eigenvalue weighted by Gasteiger charge is -2.06. The second-order valence-electron chi connectivity index (χ2n) is 4.59. The molecule has 0 radical (unpaired) electrons. The molecule has 0 fully saturated rings. The van der Waals surface area contributed by atoms with Crippen molar-refractivity contribution in [3.63, 3.8) is 0 Å². The number of anilines is 1. The zero-order valence-electron chi connectivity index (χ0n) is 11.5. The van der Waals surface area contributed by atoms with Gasteiger partial charge < -0.3 is 16.4 Å². The molecule has 0 aliphatic heterocycles. The molecule has 0 aliphatic carbocycles. The Morgan fingerprint density at radius 3 is 2.48 bits per heavy atom. The molecule has 6 heteroatoms. The van der Waals surface area contributed by atoms with E-state index in [1.807, 2.05) is 23.6 Å². The first-order valence-corrected chi connectivity index (χ1v) is 7.51. The highest BCUT2D eigenvalue weighted by atomic mass is 32.1. The van der Waals surface area contributed by atoms with Crippen LogP contribution in [-0.2, 0) is 17.8 Å². The van der Waals surface area contributed by atoms with Gasteiger partial charge in [0.25, 0.3) is 0 Å². The number of aryl methyl sites for hydroxylation is 1. The maximum Gasteiger partial charge on any atom is 0.316 e. The number of amides is 3. The van der Waals surface area contributed by atoms with Crippen LogP contribution in [0.1, 0.15) is 17.5 Å². The first-order valence-electron chi connectivity index (χ1n) is 6.56. The molecule has 0 spiro atoms. The van der Waals surface area contributed by atoms with Crippen LogP contribution in [-0.4, -0.2) is 11.9 Å². The van der Waals surface area contributed by atoms with Crippen molar-refractivity contribution in [3.8, 4) is 0 Å². The summed E-state index contributed by atoms with van der Waals surface area (Å²) in [5.74, 6) is 0.0283. The minimum Gasteiger partial charge on any atom is -0.352 e. The number of primary amides is 1. The van der Waals surface area contributed by atoms with E-state index < -0.39 is 6.03 Å². The van der Waals surface area contributed by atoms with Gasteiger partial charge in [-0.25, -0.2) is 4.79 Å². The van der Waals surface area contributed by atoms with E-state index in [2.05, 4.69) is 16.0 Å². The van der Waals surface area contributed by atoms with Crippen LogP contribution in [0.3, 0.4) is 0 Å². The summed E-state index contributed by atoms with van der Waals surface area (Å²) in [5.41, 5.74) is 7.82. The van der Waals surface area contributed by atoms with Crippen molar-refractivity contribution in [1.82, 2.24) is 5.32 Å². The van der Waals surface area contributed by atoms with Crippen LogP contribution in [0.2, 0.25) is 0 Å². The number of benzene rings is 1. The van der Waals surface area contributed by atoms with Gasteiger partial charge in [-0.2, -0.15) is 11.3 Å². The SMILES string of the molecule is NC(=O)Nc1ccc(CNC(=O)CCc2ccsc2)cc1. The fourth-order valence-electron chi connectivity index (χ4n) is 1.83. The van der Waals surface area contributed by atoms with Gasteiger partial charge in [0.2, 0.25) is 5.91 Å². The average molecular weight is 303 g/mol. The molecule has 1 aromatic heterocycles. The minimum atomic E-state index is -0.593. The predicted octanol–water partition coefficient (Wildman–Crippen LogP) is 2.49. The third-order valence-corrected chi connectivity index (χ3v) is 3.66. The Bertz CT molecular complexity index is 594. The summed E-state index contributed by atoms with van der Waals surface area (Å²) in [6.45, 7) is 0.472. The number of carbonyl (C=O) groups is 2. The summed E-state index contributed by atoms with van der Waals surface area (Å²) in [6.07, 6.45) is 1.24. The Morgan fingerprint density at radius 2 is 1.86 bits per heavy atom. The molecule has 3 amide bonds. The molecule has 2 rings (SSSR count). The van der Waals surface area contributed by atoms with E-state index in [-0.39, 0.29) is 5.91 Å². The van der Waals surface area contributed by atoms with Gasteiger partial charge in [-0.05, 0) is 46.5 Å². The average Bonchev–Trinajstić information content (AvgIpc) is 2.97. The Hall–Kier alpha value is -2.34. The molecule has 0 bridgehead atoms. The third kappa shape index (κ3) is 5.27. The van der Waals surface area contributed by atoms with Gasteiger partial charge in [-0.15, -0.1) is 0 Å².